The first kappa shape index (κ1) is 10.4. The molecule has 0 amide bonds. The van der Waals surface area contributed by atoms with Crippen LogP contribution in [-0.2, 0) is 11.3 Å². The Morgan fingerprint density at radius 1 is 1.33 bits per heavy atom. The molecule has 0 atom stereocenters. The van der Waals surface area contributed by atoms with Crippen LogP contribution >= 0.6 is 0 Å². The fraction of sp³-hybridized carbons (Fsp3) is 0.125. The van der Waals surface area contributed by atoms with Crippen molar-refractivity contribution in [2.24, 2.45) is 0 Å². The van der Waals surface area contributed by atoms with E-state index >= 15 is 0 Å². The van der Waals surface area contributed by atoms with Gasteiger partial charge in [0.05, 0.1) is 6.61 Å². The minimum absolute atomic E-state index is 0. The number of carbonyl (C=O) groups excluding carboxylic acids is 1. The zero-order valence-corrected chi connectivity index (χ0v) is 6.82. The van der Waals surface area contributed by atoms with Gasteiger partial charge in [-0.25, -0.2) is 0 Å². The van der Waals surface area contributed by atoms with Crippen LogP contribution in [0.15, 0.2) is 30.3 Å². The summed E-state index contributed by atoms with van der Waals surface area (Å²) in [5.74, 6) is 0. The molecule has 4 nitrogen and oxygen atoms in total. The van der Waals surface area contributed by atoms with Crippen LogP contribution < -0.4 is 11.3 Å². The zero-order valence-electron chi connectivity index (χ0n) is 6.82. The van der Waals surface area contributed by atoms with E-state index in [1.54, 1.807) is 12.1 Å². The molecule has 0 radical (unpaired) electrons. The Kier molecular flexibility index (Phi) is 4.48. The minimum atomic E-state index is -1.49. The van der Waals surface area contributed by atoms with E-state index in [4.69, 9.17) is 0 Å². The molecule has 1 aromatic rings. The summed E-state index contributed by atoms with van der Waals surface area (Å²) >= 11 is 0. The molecule has 1 aromatic carbocycles. The summed E-state index contributed by atoms with van der Waals surface area (Å²) < 4.78 is 4.23. The molecule has 0 aliphatic carbocycles. The quantitative estimate of drug-likeness (QED) is 0.668. The lowest BCUT2D eigenvalue weighted by Gasteiger charge is -2.06. The molecule has 0 saturated heterocycles. The van der Waals surface area contributed by atoms with E-state index in [9.17, 15) is 9.90 Å². The predicted molar refractivity (Wildman–Crippen MR) is 42.6 cm³/mol. The Morgan fingerprint density at radius 2 is 1.92 bits per heavy atom. The number of carboxylic acid groups (broad SMARTS) is 1. The van der Waals surface area contributed by atoms with Crippen LogP contribution in [0.3, 0.4) is 0 Å². The molecule has 0 bridgehead atoms. The van der Waals surface area contributed by atoms with Gasteiger partial charge in [-0.2, -0.15) is 0 Å². The third kappa shape index (κ3) is 3.58. The number of hydrogen-bond donors (Lipinski definition) is 1. The van der Waals surface area contributed by atoms with E-state index < -0.39 is 6.16 Å². The lowest BCUT2D eigenvalue weighted by atomic mass is 10.2. The van der Waals surface area contributed by atoms with E-state index in [2.05, 4.69) is 4.74 Å². The fourth-order valence-electron chi connectivity index (χ4n) is 0.716. The SMILES string of the molecule is O=C([O-])OCc1ccccc1.[NH4+]. The molecule has 0 fully saturated rings. The van der Waals surface area contributed by atoms with Gasteiger partial charge in [0.1, 0.15) is 0 Å². The zero-order chi connectivity index (χ0) is 8.10. The molecule has 0 unspecified atom stereocenters. The molecule has 0 saturated carbocycles. The molecule has 4 heteroatoms. The largest absolute Gasteiger partial charge is 0.545 e. The third-order valence-corrected chi connectivity index (χ3v) is 1.20. The van der Waals surface area contributed by atoms with E-state index in [1.165, 1.54) is 0 Å². The van der Waals surface area contributed by atoms with Crippen molar-refractivity contribution in [1.29, 1.82) is 0 Å². The second-order valence-corrected chi connectivity index (χ2v) is 2.02. The van der Waals surface area contributed by atoms with Crippen molar-refractivity contribution in [3.8, 4) is 0 Å². The maximum atomic E-state index is 9.84. The van der Waals surface area contributed by atoms with Crippen molar-refractivity contribution < 1.29 is 14.6 Å². The van der Waals surface area contributed by atoms with Crippen molar-refractivity contribution >= 4 is 6.16 Å². The monoisotopic (exact) mass is 169 g/mol. The van der Waals surface area contributed by atoms with Gasteiger partial charge in [-0.15, -0.1) is 0 Å². The fourth-order valence-corrected chi connectivity index (χ4v) is 0.716. The van der Waals surface area contributed by atoms with Gasteiger partial charge in [-0.1, -0.05) is 30.3 Å². The second kappa shape index (κ2) is 5.15. The van der Waals surface area contributed by atoms with Gasteiger partial charge >= 0.3 is 0 Å². The number of hydrogen-bond acceptors (Lipinski definition) is 3. The Labute approximate surface area is 70.4 Å². The Morgan fingerprint density at radius 3 is 2.42 bits per heavy atom. The van der Waals surface area contributed by atoms with Crippen LogP contribution in [0, 0.1) is 0 Å². The van der Waals surface area contributed by atoms with Gasteiger partial charge in [-0.3, -0.25) is 0 Å². The van der Waals surface area contributed by atoms with Gasteiger partial charge < -0.3 is 20.8 Å². The average molecular weight is 169 g/mol. The summed E-state index contributed by atoms with van der Waals surface area (Å²) in [5, 5.41) is 9.84. The van der Waals surface area contributed by atoms with E-state index in [-0.39, 0.29) is 12.8 Å². The van der Waals surface area contributed by atoms with Crippen LogP contribution in [0.1, 0.15) is 5.56 Å². The molecule has 0 spiro atoms. The van der Waals surface area contributed by atoms with Crippen LogP contribution in [-0.4, -0.2) is 6.16 Å². The molecule has 4 N–H and O–H groups in total. The molecular weight excluding hydrogens is 158 g/mol. The third-order valence-electron chi connectivity index (χ3n) is 1.20. The number of carbonyl (C=O) groups is 1. The van der Waals surface area contributed by atoms with E-state index in [0.717, 1.165) is 5.56 Å². The summed E-state index contributed by atoms with van der Waals surface area (Å²) in [6.45, 7) is 0.0587. The molecular formula is C8H11NO3. The van der Waals surface area contributed by atoms with Crippen molar-refractivity contribution in [1.82, 2.24) is 6.15 Å². The number of benzene rings is 1. The highest BCUT2D eigenvalue weighted by molar-refractivity contribution is 5.54. The summed E-state index contributed by atoms with van der Waals surface area (Å²) in [4.78, 5) is 9.84. The van der Waals surface area contributed by atoms with Crippen molar-refractivity contribution in [2.45, 2.75) is 6.61 Å². The van der Waals surface area contributed by atoms with Crippen molar-refractivity contribution in [2.75, 3.05) is 0 Å². The van der Waals surface area contributed by atoms with Crippen LogP contribution in [0.4, 0.5) is 4.79 Å². The Balaban J connectivity index is 0.00000121. The summed E-state index contributed by atoms with van der Waals surface area (Å²) in [6, 6.07) is 9.04. The molecule has 66 valence electrons. The lowest BCUT2D eigenvalue weighted by Crippen LogP contribution is -2.23. The molecule has 1 rings (SSSR count). The number of quaternary nitrogens is 1. The minimum Gasteiger partial charge on any atom is -0.545 e. The maximum Gasteiger partial charge on any atom is 0.252 e. The van der Waals surface area contributed by atoms with Crippen LogP contribution in [0.2, 0.25) is 0 Å². The van der Waals surface area contributed by atoms with E-state index in [1.807, 2.05) is 18.2 Å². The van der Waals surface area contributed by atoms with Gasteiger partial charge in [0.2, 0.25) is 0 Å². The summed E-state index contributed by atoms with van der Waals surface area (Å²) in [6.07, 6.45) is -1.49. The molecule has 12 heavy (non-hydrogen) atoms. The first-order valence-corrected chi connectivity index (χ1v) is 3.17. The topological polar surface area (TPSA) is 85.9 Å². The normalized spacial score (nSPS) is 8.33. The highest BCUT2D eigenvalue weighted by Crippen LogP contribution is 1.99. The maximum absolute atomic E-state index is 9.84. The molecule has 0 aliphatic rings. The number of ether oxygens (including phenoxy) is 1. The molecule has 0 heterocycles. The van der Waals surface area contributed by atoms with Crippen molar-refractivity contribution in [3.63, 3.8) is 0 Å². The van der Waals surface area contributed by atoms with Crippen LogP contribution in [0.25, 0.3) is 0 Å². The Hall–Kier alpha value is -1.55. The standard InChI is InChI=1S/C8H8O3.H3N/c9-8(10)11-6-7-4-2-1-3-5-7;/h1-5H,6H2,(H,9,10);1H3. The molecule has 0 aromatic heterocycles. The molecule has 0 aliphatic heterocycles. The van der Waals surface area contributed by atoms with Gasteiger partial charge in [0.25, 0.3) is 6.16 Å². The highest BCUT2D eigenvalue weighted by atomic mass is 16.7. The van der Waals surface area contributed by atoms with Gasteiger partial charge in [-0.05, 0) is 5.56 Å². The smallest absolute Gasteiger partial charge is 0.252 e. The first-order chi connectivity index (χ1) is 5.29. The predicted octanol–water partition coefficient (Wildman–Crippen LogP) is 0.923. The van der Waals surface area contributed by atoms with Gasteiger partial charge in [0.15, 0.2) is 0 Å². The summed E-state index contributed by atoms with van der Waals surface area (Å²) in [7, 11) is 0. The second-order valence-electron chi connectivity index (χ2n) is 2.02. The lowest BCUT2D eigenvalue weighted by molar-refractivity contribution is -0.284. The summed E-state index contributed by atoms with van der Waals surface area (Å²) in [5.41, 5.74) is 0.816. The number of rotatable bonds is 2. The van der Waals surface area contributed by atoms with Gasteiger partial charge in [0, 0.05) is 0 Å². The van der Waals surface area contributed by atoms with Crippen LogP contribution in [0.5, 0.6) is 0 Å². The van der Waals surface area contributed by atoms with E-state index in [0.29, 0.717) is 0 Å². The average Bonchev–Trinajstić information content (AvgIpc) is 2.03. The first-order valence-electron chi connectivity index (χ1n) is 3.17. The Bertz CT molecular complexity index is 235. The highest BCUT2D eigenvalue weighted by Gasteiger charge is 1.87. The van der Waals surface area contributed by atoms with Crippen molar-refractivity contribution in [3.05, 3.63) is 35.9 Å².